The Hall–Kier alpha value is -1.69. The summed E-state index contributed by atoms with van der Waals surface area (Å²) in [5.74, 6) is 2.48. The molecule has 6 heteroatoms. The smallest absolute Gasteiger partial charge is 0.237 e. The van der Waals surface area contributed by atoms with Crippen LogP contribution in [0.25, 0.3) is 0 Å². The van der Waals surface area contributed by atoms with Crippen LogP contribution in [0.5, 0.6) is 0 Å². The zero-order valence-electron chi connectivity index (χ0n) is 15.1. The predicted octanol–water partition coefficient (Wildman–Crippen LogP) is 1.70. The Kier molecular flexibility index (Phi) is 5.33. The fourth-order valence-corrected chi connectivity index (χ4v) is 3.53. The van der Waals surface area contributed by atoms with Crippen LogP contribution in [0, 0.1) is 6.92 Å². The molecule has 0 saturated carbocycles. The summed E-state index contributed by atoms with van der Waals surface area (Å²) in [7, 11) is 0. The average molecular weight is 331 g/mol. The Morgan fingerprint density at radius 1 is 1.17 bits per heavy atom. The third kappa shape index (κ3) is 3.86. The van der Waals surface area contributed by atoms with E-state index in [0.29, 0.717) is 5.92 Å². The average Bonchev–Trinajstić information content (AvgIpc) is 2.79. The molecule has 2 fully saturated rings. The standard InChI is InChI=1S/C18H29N5O/c1-13(2)17-20-14(3)12-16(21-17)23-10-8-22(9-11-23)15-6-4-5-7-19-18(15)24/h12-13,15H,4-11H2,1-3H3,(H,19,24)/t15-/m0/s1. The first-order valence-electron chi connectivity index (χ1n) is 9.17. The lowest BCUT2D eigenvalue weighted by atomic mass is 10.1. The molecule has 1 N–H and O–H groups in total. The SMILES string of the molecule is Cc1cc(N2CCN([C@H]3CCCCNC3=O)CC2)nc(C(C)C)n1. The molecule has 1 atom stereocenters. The van der Waals surface area contributed by atoms with Gasteiger partial charge in [0, 0.05) is 50.4 Å². The van der Waals surface area contributed by atoms with Crippen molar-refractivity contribution in [1.82, 2.24) is 20.2 Å². The monoisotopic (exact) mass is 331 g/mol. The Balaban J connectivity index is 1.65. The molecule has 1 aromatic heterocycles. The van der Waals surface area contributed by atoms with Crippen molar-refractivity contribution in [3.05, 3.63) is 17.6 Å². The van der Waals surface area contributed by atoms with E-state index in [9.17, 15) is 4.79 Å². The molecule has 24 heavy (non-hydrogen) atoms. The second-order valence-corrected chi connectivity index (χ2v) is 7.21. The van der Waals surface area contributed by atoms with Gasteiger partial charge >= 0.3 is 0 Å². The van der Waals surface area contributed by atoms with Gasteiger partial charge in [0.25, 0.3) is 0 Å². The number of hydrogen-bond acceptors (Lipinski definition) is 5. The van der Waals surface area contributed by atoms with Crippen molar-refractivity contribution in [1.29, 1.82) is 0 Å². The number of aryl methyl sites for hydroxylation is 1. The number of hydrogen-bond donors (Lipinski definition) is 1. The van der Waals surface area contributed by atoms with Crippen LogP contribution >= 0.6 is 0 Å². The quantitative estimate of drug-likeness (QED) is 0.913. The molecule has 2 saturated heterocycles. The number of rotatable bonds is 3. The van der Waals surface area contributed by atoms with E-state index in [4.69, 9.17) is 4.98 Å². The first-order valence-corrected chi connectivity index (χ1v) is 9.17. The van der Waals surface area contributed by atoms with Gasteiger partial charge in [0.1, 0.15) is 11.6 Å². The molecule has 0 unspecified atom stereocenters. The zero-order valence-corrected chi connectivity index (χ0v) is 15.1. The van der Waals surface area contributed by atoms with Crippen LogP contribution < -0.4 is 10.2 Å². The van der Waals surface area contributed by atoms with Gasteiger partial charge in [-0.1, -0.05) is 13.8 Å². The summed E-state index contributed by atoms with van der Waals surface area (Å²) in [6.45, 7) is 10.8. The number of nitrogens with one attached hydrogen (secondary N) is 1. The minimum Gasteiger partial charge on any atom is -0.355 e. The molecular weight excluding hydrogens is 302 g/mol. The normalized spacial score (nSPS) is 23.2. The van der Waals surface area contributed by atoms with Crippen LogP contribution in [0.1, 0.15) is 50.5 Å². The maximum absolute atomic E-state index is 12.2. The summed E-state index contributed by atoms with van der Waals surface area (Å²) in [4.78, 5) is 26.2. The van der Waals surface area contributed by atoms with Gasteiger partial charge in [-0.15, -0.1) is 0 Å². The molecule has 3 rings (SSSR count). The molecule has 0 radical (unpaired) electrons. The van der Waals surface area contributed by atoms with Crippen LogP contribution in [0.4, 0.5) is 5.82 Å². The first-order chi connectivity index (χ1) is 11.5. The Morgan fingerprint density at radius 2 is 1.92 bits per heavy atom. The van der Waals surface area contributed by atoms with Gasteiger partial charge in [-0.05, 0) is 26.2 Å². The van der Waals surface area contributed by atoms with Gasteiger partial charge in [0.2, 0.25) is 5.91 Å². The van der Waals surface area contributed by atoms with Crippen LogP contribution in [0.2, 0.25) is 0 Å². The van der Waals surface area contributed by atoms with Crippen molar-refractivity contribution in [2.75, 3.05) is 37.6 Å². The minimum absolute atomic E-state index is 0.0491. The number of aromatic nitrogens is 2. The highest BCUT2D eigenvalue weighted by Gasteiger charge is 2.30. The molecule has 0 aliphatic carbocycles. The number of carbonyl (C=O) groups is 1. The van der Waals surface area contributed by atoms with Gasteiger partial charge in [0.15, 0.2) is 0 Å². The van der Waals surface area contributed by atoms with Gasteiger partial charge < -0.3 is 10.2 Å². The Bertz CT molecular complexity index is 581. The van der Waals surface area contributed by atoms with E-state index < -0.39 is 0 Å². The topological polar surface area (TPSA) is 61.4 Å². The zero-order chi connectivity index (χ0) is 17.1. The van der Waals surface area contributed by atoms with Crippen molar-refractivity contribution >= 4 is 11.7 Å². The molecule has 2 aliphatic heterocycles. The van der Waals surface area contributed by atoms with Crippen LogP contribution in [-0.2, 0) is 4.79 Å². The van der Waals surface area contributed by atoms with E-state index in [1.807, 2.05) is 6.92 Å². The summed E-state index contributed by atoms with van der Waals surface area (Å²) in [5, 5.41) is 3.05. The lowest BCUT2D eigenvalue weighted by Crippen LogP contribution is -2.54. The maximum atomic E-state index is 12.2. The molecule has 2 aliphatic rings. The van der Waals surface area contributed by atoms with Crippen molar-refractivity contribution in [3.63, 3.8) is 0 Å². The van der Waals surface area contributed by atoms with Gasteiger partial charge in [-0.2, -0.15) is 0 Å². The molecule has 0 bridgehead atoms. The number of carbonyl (C=O) groups excluding carboxylic acids is 1. The van der Waals surface area contributed by atoms with Crippen molar-refractivity contribution in [3.8, 4) is 0 Å². The molecular formula is C18H29N5O. The molecule has 0 aromatic carbocycles. The molecule has 3 heterocycles. The fraction of sp³-hybridized carbons (Fsp3) is 0.722. The first kappa shape index (κ1) is 17.1. The highest BCUT2D eigenvalue weighted by molar-refractivity contribution is 5.82. The summed E-state index contributed by atoms with van der Waals surface area (Å²) >= 11 is 0. The van der Waals surface area contributed by atoms with E-state index >= 15 is 0 Å². The molecule has 0 spiro atoms. The molecule has 6 nitrogen and oxygen atoms in total. The summed E-state index contributed by atoms with van der Waals surface area (Å²) < 4.78 is 0. The van der Waals surface area contributed by atoms with Crippen molar-refractivity contribution in [2.24, 2.45) is 0 Å². The third-order valence-electron chi connectivity index (χ3n) is 4.96. The Labute approximate surface area is 144 Å². The van der Waals surface area contributed by atoms with Gasteiger partial charge in [-0.3, -0.25) is 9.69 Å². The highest BCUT2D eigenvalue weighted by Crippen LogP contribution is 2.20. The minimum atomic E-state index is 0.0491. The lowest BCUT2D eigenvalue weighted by molar-refractivity contribution is -0.126. The summed E-state index contributed by atoms with van der Waals surface area (Å²) in [5.41, 5.74) is 1.02. The van der Waals surface area contributed by atoms with Crippen LogP contribution in [-0.4, -0.2) is 59.5 Å². The fourth-order valence-electron chi connectivity index (χ4n) is 3.53. The van der Waals surface area contributed by atoms with E-state index in [0.717, 1.165) is 69.3 Å². The summed E-state index contributed by atoms with van der Waals surface area (Å²) in [6.07, 6.45) is 3.21. The largest absolute Gasteiger partial charge is 0.355 e. The Morgan fingerprint density at radius 3 is 2.62 bits per heavy atom. The van der Waals surface area contributed by atoms with Crippen LogP contribution in [0.3, 0.4) is 0 Å². The third-order valence-corrected chi connectivity index (χ3v) is 4.96. The number of anilines is 1. The number of nitrogens with zero attached hydrogens (tertiary/aromatic N) is 4. The highest BCUT2D eigenvalue weighted by atomic mass is 16.2. The molecule has 132 valence electrons. The maximum Gasteiger partial charge on any atom is 0.237 e. The lowest BCUT2D eigenvalue weighted by Gasteiger charge is -2.38. The van der Waals surface area contributed by atoms with Gasteiger partial charge in [0.05, 0.1) is 6.04 Å². The predicted molar refractivity (Wildman–Crippen MR) is 95.3 cm³/mol. The van der Waals surface area contributed by atoms with Gasteiger partial charge in [-0.25, -0.2) is 9.97 Å². The van der Waals surface area contributed by atoms with E-state index in [1.165, 1.54) is 0 Å². The summed E-state index contributed by atoms with van der Waals surface area (Å²) in [6, 6.07) is 2.12. The van der Waals surface area contributed by atoms with Crippen LogP contribution in [0.15, 0.2) is 6.07 Å². The van der Waals surface area contributed by atoms with E-state index in [1.54, 1.807) is 0 Å². The second kappa shape index (κ2) is 7.47. The number of piperazine rings is 1. The van der Waals surface area contributed by atoms with Crippen molar-refractivity contribution < 1.29 is 4.79 Å². The second-order valence-electron chi connectivity index (χ2n) is 7.21. The van der Waals surface area contributed by atoms with Crippen molar-refractivity contribution in [2.45, 2.75) is 52.0 Å². The van der Waals surface area contributed by atoms with E-state index in [-0.39, 0.29) is 11.9 Å². The van der Waals surface area contributed by atoms with E-state index in [2.05, 4.69) is 40.0 Å². The number of amides is 1. The molecule has 1 aromatic rings. The molecule has 1 amide bonds.